The van der Waals surface area contributed by atoms with Crippen LogP contribution in [0.1, 0.15) is 28.2 Å². The summed E-state index contributed by atoms with van der Waals surface area (Å²) in [5.41, 5.74) is 9.95. The summed E-state index contributed by atoms with van der Waals surface area (Å²) in [5, 5.41) is 9.83. The molecule has 1 aliphatic heterocycles. The molecule has 36 heavy (non-hydrogen) atoms. The highest BCUT2D eigenvalue weighted by Crippen LogP contribution is 2.46. The van der Waals surface area contributed by atoms with Crippen molar-refractivity contribution in [3.8, 4) is 34.8 Å². The fourth-order valence-electron chi connectivity index (χ4n) is 3.98. The Kier molecular flexibility index (Phi) is 7.02. The highest BCUT2D eigenvalue weighted by molar-refractivity contribution is 5.74. The molecule has 0 amide bonds. The van der Waals surface area contributed by atoms with Crippen molar-refractivity contribution in [3.63, 3.8) is 0 Å². The number of ether oxygens (including phenoxy) is 5. The van der Waals surface area contributed by atoms with Gasteiger partial charge in [-0.05, 0) is 49.2 Å². The predicted octanol–water partition coefficient (Wildman–Crippen LogP) is 4.52. The van der Waals surface area contributed by atoms with Gasteiger partial charge in [-0.2, -0.15) is 5.26 Å². The van der Waals surface area contributed by atoms with Crippen LogP contribution in [0, 0.1) is 25.2 Å². The average molecular weight is 487 g/mol. The van der Waals surface area contributed by atoms with Gasteiger partial charge in [0.25, 0.3) is 0 Å². The first-order valence-corrected chi connectivity index (χ1v) is 11.2. The van der Waals surface area contributed by atoms with Gasteiger partial charge in [0.15, 0.2) is 6.61 Å². The summed E-state index contributed by atoms with van der Waals surface area (Å²) in [6, 6.07) is 18.0. The number of methoxy groups -OCH3 is 2. The molecule has 8 nitrogen and oxygen atoms in total. The molecule has 0 saturated heterocycles. The smallest absolute Gasteiger partial charge is 0.349 e. The van der Waals surface area contributed by atoms with E-state index >= 15 is 0 Å². The number of fused-ring (bicyclic) bond motifs is 1. The number of nitrogens with two attached hydrogens (primary N) is 1. The fourth-order valence-corrected chi connectivity index (χ4v) is 3.98. The maximum absolute atomic E-state index is 12.4. The van der Waals surface area contributed by atoms with E-state index in [0.29, 0.717) is 34.1 Å². The summed E-state index contributed by atoms with van der Waals surface area (Å²) in [7, 11) is 3.10. The maximum Gasteiger partial charge on any atom is 0.349 e. The van der Waals surface area contributed by atoms with E-state index < -0.39 is 11.9 Å². The number of carbonyl (C=O) groups excluding carboxylic acids is 1. The third-order valence-electron chi connectivity index (χ3n) is 6.01. The lowest BCUT2D eigenvalue weighted by Gasteiger charge is -2.27. The molecule has 0 radical (unpaired) electrons. The second kappa shape index (κ2) is 10.3. The van der Waals surface area contributed by atoms with E-state index in [9.17, 15) is 10.1 Å². The van der Waals surface area contributed by atoms with Crippen LogP contribution < -0.4 is 29.4 Å². The van der Waals surface area contributed by atoms with Gasteiger partial charge in [-0.3, -0.25) is 0 Å². The van der Waals surface area contributed by atoms with Crippen molar-refractivity contribution < 1.29 is 28.5 Å². The summed E-state index contributed by atoms with van der Waals surface area (Å²) < 4.78 is 27.6. The SMILES string of the molecule is COc1ccc(C2C(C#N)=C(N)Oc3cc(OC(=O)COc4ccc(C)c(C)c4)ccc32)c(OC)c1. The third kappa shape index (κ3) is 4.91. The molecule has 1 atom stereocenters. The minimum Gasteiger partial charge on any atom is -0.497 e. The minimum atomic E-state index is -0.571. The number of esters is 1. The molecular formula is C28H26N2O6. The normalized spacial score (nSPS) is 14.2. The van der Waals surface area contributed by atoms with Crippen LogP contribution in [-0.2, 0) is 4.79 Å². The van der Waals surface area contributed by atoms with Gasteiger partial charge in [0.1, 0.15) is 40.4 Å². The van der Waals surface area contributed by atoms with Crippen molar-refractivity contribution in [3.05, 3.63) is 88.3 Å². The number of carbonyl (C=O) groups is 1. The molecule has 4 rings (SSSR count). The molecule has 0 aromatic heterocycles. The lowest BCUT2D eigenvalue weighted by molar-refractivity contribution is -0.136. The third-order valence-corrected chi connectivity index (χ3v) is 6.01. The van der Waals surface area contributed by atoms with Crippen molar-refractivity contribution in [1.29, 1.82) is 5.26 Å². The molecule has 1 unspecified atom stereocenters. The van der Waals surface area contributed by atoms with Crippen molar-refractivity contribution >= 4 is 5.97 Å². The van der Waals surface area contributed by atoms with Gasteiger partial charge in [-0.15, -0.1) is 0 Å². The summed E-state index contributed by atoms with van der Waals surface area (Å²) in [6.07, 6.45) is 0. The molecule has 0 aliphatic carbocycles. The van der Waals surface area contributed by atoms with Crippen molar-refractivity contribution in [2.45, 2.75) is 19.8 Å². The lowest BCUT2D eigenvalue weighted by Crippen LogP contribution is -2.22. The number of nitrogens with zero attached hydrogens (tertiary/aromatic N) is 1. The van der Waals surface area contributed by atoms with E-state index in [1.165, 1.54) is 0 Å². The van der Waals surface area contributed by atoms with Crippen LogP contribution in [0.4, 0.5) is 0 Å². The number of nitriles is 1. The summed E-state index contributed by atoms with van der Waals surface area (Å²) >= 11 is 0. The zero-order valence-corrected chi connectivity index (χ0v) is 20.5. The molecule has 0 bridgehead atoms. The van der Waals surface area contributed by atoms with Gasteiger partial charge in [-0.1, -0.05) is 18.2 Å². The van der Waals surface area contributed by atoms with E-state index in [1.54, 1.807) is 50.6 Å². The molecule has 1 heterocycles. The van der Waals surface area contributed by atoms with Gasteiger partial charge >= 0.3 is 5.97 Å². The van der Waals surface area contributed by atoms with Crippen molar-refractivity contribution in [2.75, 3.05) is 20.8 Å². The first-order valence-electron chi connectivity index (χ1n) is 11.2. The summed E-state index contributed by atoms with van der Waals surface area (Å²) in [6.45, 7) is 3.72. The first kappa shape index (κ1) is 24.5. The highest BCUT2D eigenvalue weighted by atomic mass is 16.6. The zero-order chi connectivity index (χ0) is 25.8. The van der Waals surface area contributed by atoms with E-state index in [4.69, 9.17) is 29.4 Å². The fraction of sp³-hybridized carbons (Fsp3) is 0.214. The molecule has 3 aromatic rings. The molecular weight excluding hydrogens is 460 g/mol. The molecule has 184 valence electrons. The van der Waals surface area contributed by atoms with Crippen LogP contribution in [0.3, 0.4) is 0 Å². The number of hydrogen-bond acceptors (Lipinski definition) is 8. The number of aryl methyl sites for hydroxylation is 2. The quantitative estimate of drug-likeness (QED) is 0.383. The standard InChI is InChI=1S/C28H26N2O6/c1-16-5-6-19(11-17(16)2)34-15-26(31)35-20-8-10-22-25(13-20)36-28(30)23(14-29)27(22)21-9-7-18(32-3)12-24(21)33-4/h5-13,27H,15,30H2,1-4H3. The van der Waals surface area contributed by atoms with Crippen LogP contribution in [-0.4, -0.2) is 26.8 Å². The van der Waals surface area contributed by atoms with Crippen LogP contribution >= 0.6 is 0 Å². The Hall–Kier alpha value is -4.64. The lowest BCUT2D eigenvalue weighted by atomic mass is 9.83. The van der Waals surface area contributed by atoms with Gasteiger partial charge < -0.3 is 29.4 Å². The molecule has 8 heteroatoms. The highest BCUT2D eigenvalue weighted by Gasteiger charge is 2.33. The molecule has 0 fully saturated rings. The number of allylic oxidation sites excluding steroid dienone is 1. The predicted molar refractivity (Wildman–Crippen MR) is 132 cm³/mol. The van der Waals surface area contributed by atoms with Crippen LogP contribution in [0.5, 0.6) is 28.7 Å². The van der Waals surface area contributed by atoms with E-state index in [0.717, 1.165) is 11.1 Å². The Bertz CT molecular complexity index is 1390. The number of hydrogen-bond donors (Lipinski definition) is 1. The second-order valence-electron chi connectivity index (χ2n) is 8.24. The van der Waals surface area contributed by atoms with Gasteiger partial charge in [-0.25, -0.2) is 4.79 Å². The van der Waals surface area contributed by atoms with Crippen LogP contribution in [0.25, 0.3) is 0 Å². The number of rotatable bonds is 7. The minimum absolute atomic E-state index is 0.0329. The second-order valence-corrected chi connectivity index (χ2v) is 8.24. The molecule has 2 N–H and O–H groups in total. The Labute approximate surface area is 209 Å². The van der Waals surface area contributed by atoms with Crippen LogP contribution in [0.2, 0.25) is 0 Å². The Morgan fingerprint density at radius 2 is 1.67 bits per heavy atom. The monoisotopic (exact) mass is 486 g/mol. The Morgan fingerprint density at radius 1 is 0.944 bits per heavy atom. The average Bonchev–Trinajstić information content (AvgIpc) is 2.88. The largest absolute Gasteiger partial charge is 0.497 e. The van der Waals surface area contributed by atoms with Crippen molar-refractivity contribution in [1.82, 2.24) is 0 Å². The van der Waals surface area contributed by atoms with Gasteiger partial charge in [0, 0.05) is 23.3 Å². The molecule has 0 saturated carbocycles. The first-order chi connectivity index (χ1) is 17.3. The Balaban J connectivity index is 1.58. The molecule has 3 aromatic carbocycles. The maximum atomic E-state index is 12.4. The topological polar surface area (TPSA) is 113 Å². The summed E-state index contributed by atoms with van der Waals surface area (Å²) in [5.74, 6) is 1.22. The zero-order valence-electron chi connectivity index (χ0n) is 20.5. The van der Waals surface area contributed by atoms with Crippen molar-refractivity contribution in [2.24, 2.45) is 5.73 Å². The van der Waals surface area contributed by atoms with Gasteiger partial charge in [0.2, 0.25) is 5.88 Å². The van der Waals surface area contributed by atoms with Crippen LogP contribution in [0.15, 0.2) is 66.1 Å². The molecule has 0 spiro atoms. The summed E-state index contributed by atoms with van der Waals surface area (Å²) in [4.78, 5) is 12.4. The molecule has 1 aliphatic rings. The van der Waals surface area contributed by atoms with E-state index in [-0.39, 0.29) is 23.8 Å². The van der Waals surface area contributed by atoms with Gasteiger partial charge in [0.05, 0.1) is 20.1 Å². The van der Waals surface area contributed by atoms with E-state index in [2.05, 4.69) is 6.07 Å². The van der Waals surface area contributed by atoms with E-state index in [1.807, 2.05) is 32.0 Å². The number of benzene rings is 3. The Morgan fingerprint density at radius 3 is 2.36 bits per heavy atom.